The lowest BCUT2D eigenvalue weighted by Gasteiger charge is -2.41. The standard InChI is InChI=1S/C29H33F3N2O5/c1-38-20-4-5-26-23(13-20)22(19(18-35)17-33-26)3-2-6-29(16-27(36)37)7-9-34(10-8-29)11-12-39-21-14-24(30)28(32)25(31)15-21/h4-5,13-15,17,35H,2-3,6-12,16,18H2,1H3,(H,36,37). The lowest BCUT2D eigenvalue weighted by atomic mass is 9.72. The molecule has 210 valence electrons. The molecular weight excluding hydrogens is 513 g/mol. The molecule has 0 aliphatic carbocycles. The van der Waals surface area contributed by atoms with Crippen molar-refractivity contribution in [2.75, 3.05) is 33.4 Å². The largest absolute Gasteiger partial charge is 0.497 e. The molecule has 0 atom stereocenters. The Labute approximate surface area is 225 Å². The first-order valence-electron chi connectivity index (χ1n) is 13.0. The minimum absolute atomic E-state index is 0.0727. The number of carboxylic acid groups (broad SMARTS) is 1. The van der Waals surface area contributed by atoms with Crippen LogP contribution in [0.15, 0.2) is 36.5 Å². The van der Waals surface area contributed by atoms with E-state index in [-0.39, 0.29) is 30.8 Å². The van der Waals surface area contributed by atoms with Crippen molar-refractivity contribution >= 4 is 16.9 Å². The van der Waals surface area contributed by atoms with E-state index in [1.807, 2.05) is 18.2 Å². The van der Waals surface area contributed by atoms with Gasteiger partial charge >= 0.3 is 5.97 Å². The number of ether oxygens (including phenoxy) is 2. The van der Waals surface area contributed by atoms with Crippen LogP contribution in [0.25, 0.3) is 10.9 Å². The predicted molar refractivity (Wildman–Crippen MR) is 139 cm³/mol. The lowest BCUT2D eigenvalue weighted by molar-refractivity contribution is -0.140. The van der Waals surface area contributed by atoms with Gasteiger partial charge in [0.2, 0.25) is 0 Å². The van der Waals surface area contributed by atoms with Crippen molar-refractivity contribution in [1.29, 1.82) is 0 Å². The lowest BCUT2D eigenvalue weighted by Crippen LogP contribution is -2.42. The molecular formula is C29H33F3N2O5. The highest BCUT2D eigenvalue weighted by atomic mass is 19.2. The Morgan fingerprint density at radius 1 is 1.10 bits per heavy atom. The summed E-state index contributed by atoms with van der Waals surface area (Å²) in [5, 5.41) is 20.5. The normalized spacial score (nSPS) is 15.4. The number of hydrogen-bond donors (Lipinski definition) is 2. The molecule has 0 spiro atoms. The number of aliphatic carboxylic acids is 1. The van der Waals surface area contributed by atoms with Gasteiger partial charge in [-0.15, -0.1) is 0 Å². The number of halogens is 3. The van der Waals surface area contributed by atoms with Gasteiger partial charge in [0.05, 0.1) is 25.7 Å². The van der Waals surface area contributed by atoms with E-state index >= 15 is 0 Å². The molecule has 1 aliphatic heterocycles. The molecule has 2 aromatic carbocycles. The van der Waals surface area contributed by atoms with Crippen molar-refractivity contribution < 1.29 is 37.7 Å². The third-order valence-electron chi connectivity index (χ3n) is 7.66. The number of aliphatic hydroxyl groups excluding tert-OH is 1. The van der Waals surface area contributed by atoms with Crippen molar-refractivity contribution in [1.82, 2.24) is 9.88 Å². The van der Waals surface area contributed by atoms with Crippen LogP contribution in [0.1, 0.15) is 43.2 Å². The molecule has 7 nitrogen and oxygen atoms in total. The van der Waals surface area contributed by atoms with Gasteiger partial charge in [-0.3, -0.25) is 14.7 Å². The van der Waals surface area contributed by atoms with Gasteiger partial charge in [0, 0.05) is 30.3 Å². The van der Waals surface area contributed by atoms with Crippen molar-refractivity contribution in [3.05, 3.63) is 65.1 Å². The number of likely N-dealkylation sites (tertiary alicyclic amines) is 1. The maximum atomic E-state index is 13.4. The van der Waals surface area contributed by atoms with E-state index in [2.05, 4.69) is 9.88 Å². The van der Waals surface area contributed by atoms with Gasteiger partial charge in [-0.2, -0.15) is 0 Å². The number of methoxy groups -OCH3 is 1. The van der Waals surface area contributed by atoms with Gasteiger partial charge in [0.1, 0.15) is 18.1 Å². The van der Waals surface area contributed by atoms with Gasteiger partial charge < -0.3 is 19.7 Å². The molecule has 0 radical (unpaired) electrons. The summed E-state index contributed by atoms with van der Waals surface area (Å²) in [5.41, 5.74) is 2.20. The van der Waals surface area contributed by atoms with E-state index in [1.54, 1.807) is 13.3 Å². The number of hydrogen-bond acceptors (Lipinski definition) is 6. The van der Waals surface area contributed by atoms with Crippen molar-refractivity contribution in [2.45, 2.75) is 45.1 Å². The Kier molecular flexibility index (Phi) is 9.29. The van der Waals surface area contributed by atoms with Crippen LogP contribution in [0, 0.1) is 22.9 Å². The number of aliphatic hydroxyl groups is 1. The Bertz CT molecular complexity index is 1280. The molecule has 0 unspecified atom stereocenters. The van der Waals surface area contributed by atoms with E-state index in [1.165, 1.54) is 0 Å². The van der Waals surface area contributed by atoms with Crippen LogP contribution < -0.4 is 9.47 Å². The number of nitrogens with zero attached hydrogens (tertiary/aromatic N) is 2. The predicted octanol–water partition coefficient (Wildman–Crippen LogP) is 5.11. The molecule has 1 aliphatic rings. The highest BCUT2D eigenvalue weighted by Crippen LogP contribution is 2.40. The number of carbonyl (C=O) groups is 1. The van der Waals surface area contributed by atoms with E-state index in [0.29, 0.717) is 44.6 Å². The summed E-state index contributed by atoms with van der Waals surface area (Å²) in [6.07, 6.45) is 5.28. The minimum atomic E-state index is -1.53. The summed E-state index contributed by atoms with van der Waals surface area (Å²) >= 11 is 0. The molecule has 3 aromatic rings. The highest BCUT2D eigenvalue weighted by molar-refractivity contribution is 5.84. The third kappa shape index (κ3) is 6.99. The Hall–Kier alpha value is -3.37. The fraction of sp³-hybridized carbons (Fsp3) is 0.448. The van der Waals surface area contributed by atoms with Gasteiger partial charge in [-0.05, 0) is 79.9 Å². The first kappa shape index (κ1) is 28.6. The second-order valence-electron chi connectivity index (χ2n) is 10.1. The van der Waals surface area contributed by atoms with Crippen LogP contribution in [0.2, 0.25) is 0 Å². The van der Waals surface area contributed by atoms with Gasteiger partial charge in [0.15, 0.2) is 17.5 Å². The molecule has 1 saturated heterocycles. The summed E-state index contributed by atoms with van der Waals surface area (Å²) in [6.45, 7) is 1.86. The number of rotatable bonds is 12. The third-order valence-corrected chi connectivity index (χ3v) is 7.66. The van der Waals surface area contributed by atoms with Crippen LogP contribution in [-0.2, 0) is 17.8 Å². The fourth-order valence-corrected chi connectivity index (χ4v) is 5.46. The Morgan fingerprint density at radius 2 is 1.82 bits per heavy atom. The second kappa shape index (κ2) is 12.7. The summed E-state index contributed by atoms with van der Waals surface area (Å²) in [6, 6.07) is 7.27. The quantitative estimate of drug-likeness (QED) is 0.305. The first-order chi connectivity index (χ1) is 18.7. The minimum Gasteiger partial charge on any atom is -0.497 e. The molecule has 2 N–H and O–H groups in total. The maximum absolute atomic E-state index is 13.4. The van der Waals surface area contributed by atoms with Crippen molar-refractivity contribution in [3.8, 4) is 11.5 Å². The topological polar surface area (TPSA) is 92.1 Å². The monoisotopic (exact) mass is 546 g/mol. The summed E-state index contributed by atoms with van der Waals surface area (Å²) in [7, 11) is 1.60. The number of fused-ring (bicyclic) bond motifs is 1. The number of aryl methyl sites for hydroxylation is 1. The number of carboxylic acids is 1. The van der Waals surface area contributed by atoms with Gasteiger partial charge in [-0.1, -0.05) is 0 Å². The maximum Gasteiger partial charge on any atom is 0.303 e. The van der Waals surface area contributed by atoms with E-state index in [4.69, 9.17) is 9.47 Å². The van der Waals surface area contributed by atoms with Crippen LogP contribution in [-0.4, -0.2) is 59.4 Å². The van der Waals surface area contributed by atoms with E-state index in [0.717, 1.165) is 47.0 Å². The van der Waals surface area contributed by atoms with Crippen molar-refractivity contribution in [3.63, 3.8) is 0 Å². The van der Waals surface area contributed by atoms with Gasteiger partial charge in [0.25, 0.3) is 0 Å². The number of piperidine rings is 1. The zero-order valence-corrected chi connectivity index (χ0v) is 21.9. The number of benzene rings is 2. The first-order valence-corrected chi connectivity index (χ1v) is 13.0. The molecule has 4 rings (SSSR count). The van der Waals surface area contributed by atoms with Crippen LogP contribution >= 0.6 is 0 Å². The molecule has 1 fully saturated rings. The molecule has 0 amide bonds. The average molecular weight is 547 g/mol. The highest BCUT2D eigenvalue weighted by Gasteiger charge is 2.36. The molecule has 10 heteroatoms. The zero-order valence-electron chi connectivity index (χ0n) is 21.9. The smallest absolute Gasteiger partial charge is 0.303 e. The van der Waals surface area contributed by atoms with E-state index in [9.17, 15) is 28.2 Å². The molecule has 0 saturated carbocycles. The Balaban J connectivity index is 1.36. The molecule has 2 heterocycles. The van der Waals surface area contributed by atoms with Crippen LogP contribution in [0.3, 0.4) is 0 Å². The zero-order chi connectivity index (χ0) is 28.0. The Morgan fingerprint density at radius 3 is 2.46 bits per heavy atom. The summed E-state index contributed by atoms with van der Waals surface area (Å²) < 4.78 is 50.7. The SMILES string of the molecule is COc1ccc2ncc(CO)c(CCCC3(CC(=O)O)CCN(CCOc4cc(F)c(F)c(F)c4)CC3)c2c1. The van der Waals surface area contributed by atoms with Crippen molar-refractivity contribution in [2.24, 2.45) is 5.41 Å². The molecule has 0 bridgehead atoms. The summed E-state index contributed by atoms with van der Waals surface area (Å²) in [4.78, 5) is 18.3. The van der Waals surface area contributed by atoms with Crippen LogP contribution in [0.4, 0.5) is 13.2 Å². The van der Waals surface area contributed by atoms with E-state index < -0.39 is 23.4 Å². The van der Waals surface area contributed by atoms with Crippen LogP contribution in [0.5, 0.6) is 11.5 Å². The second-order valence-corrected chi connectivity index (χ2v) is 10.1. The molecule has 39 heavy (non-hydrogen) atoms. The van der Waals surface area contributed by atoms with Gasteiger partial charge in [-0.25, -0.2) is 13.2 Å². The average Bonchev–Trinajstić information content (AvgIpc) is 2.92. The number of pyridine rings is 1. The summed E-state index contributed by atoms with van der Waals surface area (Å²) in [5.74, 6) is -4.33. The number of aromatic nitrogens is 1. The fourth-order valence-electron chi connectivity index (χ4n) is 5.46. The molecule has 1 aromatic heterocycles.